The molecule has 0 bridgehead atoms. The molecule has 3 nitrogen and oxygen atoms in total. The third kappa shape index (κ3) is 3.19. The summed E-state index contributed by atoms with van der Waals surface area (Å²) in [5, 5.41) is 8.79. The van der Waals surface area contributed by atoms with E-state index in [4.69, 9.17) is 9.84 Å². The molecule has 0 radical (unpaired) electrons. The predicted molar refractivity (Wildman–Crippen MR) is 52.7 cm³/mol. The van der Waals surface area contributed by atoms with E-state index in [0.29, 0.717) is 0 Å². The first kappa shape index (κ1) is 10.9. The van der Waals surface area contributed by atoms with Crippen molar-refractivity contribution >= 4 is 17.7 Å². The van der Waals surface area contributed by atoms with Crippen LogP contribution >= 0.6 is 11.8 Å². The molecule has 0 aliphatic carbocycles. The maximum absolute atomic E-state index is 11.2. The number of cyclic esters (lactones) is 1. The molecule has 4 heteroatoms. The normalized spacial score (nSPS) is 30.2. The zero-order valence-corrected chi connectivity index (χ0v) is 8.84. The summed E-state index contributed by atoms with van der Waals surface area (Å²) in [7, 11) is 0. The minimum atomic E-state index is -0.0948. The van der Waals surface area contributed by atoms with Gasteiger partial charge < -0.3 is 9.84 Å². The number of hydrogen-bond acceptors (Lipinski definition) is 4. The summed E-state index contributed by atoms with van der Waals surface area (Å²) >= 11 is 1.59. The molecule has 0 amide bonds. The number of hydrogen-bond donors (Lipinski definition) is 1. The first-order valence-corrected chi connectivity index (χ1v) is 5.61. The Bertz CT molecular complexity index is 184. The molecule has 0 saturated carbocycles. The average Bonchev–Trinajstić information content (AvgIpc) is 2.41. The molecule has 0 aromatic rings. The minimum Gasteiger partial charge on any atom is -0.462 e. The molecule has 3 atom stereocenters. The Hall–Kier alpha value is -0.220. The maximum Gasteiger partial charge on any atom is 0.319 e. The number of thioether (sulfide) groups is 1. The van der Waals surface area contributed by atoms with E-state index >= 15 is 0 Å². The van der Waals surface area contributed by atoms with Gasteiger partial charge in [0.1, 0.15) is 11.4 Å². The fourth-order valence-corrected chi connectivity index (χ4v) is 2.45. The van der Waals surface area contributed by atoms with Crippen LogP contribution < -0.4 is 0 Å². The number of carbonyl (C=O) groups excluding carboxylic acids is 1. The number of aliphatic hydroxyl groups is 1. The van der Waals surface area contributed by atoms with Gasteiger partial charge in [-0.3, -0.25) is 4.79 Å². The molecule has 1 N–H and O–H groups in total. The molecular weight excluding hydrogens is 188 g/mol. The zero-order chi connectivity index (χ0) is 9.84. The zero-order valence-electron chi connectivity index (χ0n) is 8.03. The Balaban J connectivity index is 2.25. The summed E-state index contributed by atoms with van der Waals surface area (Å²) in [6.07, 6.45) is 0.871. The van der Waals surface area contributed by atoms with E-state index in [1.807, 2.05) is 13.8 Å². The lowest BCUT2D eigenvalue weighted by Gasteiger charge is -2.09. The molecule has 1 rings (SSSR count). The van der Waals surface area contributed by atoms with Gasteiger partial charge in [-0.05, 0) is 18.6 Å². The number of aliphatic hydroxyl groups excluding tert-OH is 1. The van der Waals surface area contributed by atoms with Crippen molar-refractivity contribution in [1.82, 2.24) is 0 Å². The Labute approximate surface area is 82.8 Å². The predicted octanol–water partition coefficient (Wildman–Crippen LogP) is 1.05. The van der Waals surface area contributed by atoms with Crippen molar-refractivity contribution < 1.29 is 14.6 Å². The molecule has 0 aromatic carbocycles. The van der Waals surface area contributed by atoms with Gasteiger partial charge >= 0.3 is 5.97 Å². The van der Waals surface area contributed by atoms with E-state index in [1.165, 1.54) is 0 Å². The Morgan fingerprint density at radius 2 is 2.46 bits per heavy atom. The Morgan fingerprint density at radius 1 is 1.77 bits per heavy atom. The van der Waals surface area contributed by atoms with Crippen LogP contribution in [0.2, 0.25) is 0 Å². The molecule has 0 unspecified atom stereocenters. The van der Waals surface area contributed by atoms with Gasteiger partial charge in [-0.15, -0.1) is 11.8 Å². The van der Waals surface area contributed by atoms with Gasteiger partial charge in [0.05, 0.1) is 0 Å². The van der Waals surface area contributed by atoms with Gasteiger partial charge in [0.15, 0.2) is 0 Å². The highest BCUT2D eigenvalue weighted by Crippen LogP contribution is 2.27. The van der Waals surface area contributed by atoms with Gasteiger partial charge in [-0.1, -0.05) is 6.92 Å². The Kier molecular flexibility index (Phi) is 4.06. The summed E-state index contributed by atoms with van der Waals surface area (Å²) in [5.74, 6) is 0.986. The van der Waals surface area contributed by atoms with Gasteiger partial charge in [-0.25, -0.2) is 0 Å². The minimum absolute atomic E-state index is 0.0102. The van der Waals surface area contributed by atoms with Crippen molar-refractivity contribution in [3.05, 3.63) is 0 Å². The van der Waals surface area contributed by atoms with Gasteiger partial charge in [0.2, 0.25) is 0 Å². The molecule has 76 valence electrons. The second-order valence-electron chi connectivity index (χ2n) is 3.59. The first-order valence-electron chi connectivity index (χ1n) is 4.56. The highest BCUT2D eigenvalue weighted by atomic mass is 32.2. The maximum atomic E-state index is 11.2. The van der Waals surface area contributed by atoms with Crippen LogP contribution in [0.5, 0.6) is 0 Å². The SMILES string of the molecule is C[C@H](CO)CS[C@H]1C[C@@H](C)OC1=O. The van der Waals surface area contributed by atoms with E-state index < -0.39 is 0 Å². The number of esters is 1. The molecule has 0 spiro atoms. The van der Waals surface area contributed by atoms with E-state index in [2.05, 4.69) is 0 Å². The number of rotatable bonds is 4. The van der Waals surface area contributed by atoms with E-state index in [1.54, 1.807) is 11.8 Å². The fraction of sp³-hybridized carbons (Fsp3) is 0.889. The first-order chi connectivity index (χ1) is 6.13. The van der Waals surface area contributed by atoms with Crippen molar-refractivity contribution in [2.24, 2.45) is 5.92 Å². The monoisotopic (exact) mass is 204 g/mol. The molecule has 1 fully saturated rings. The van der Waals surface area contributed by atoms with E-state index in [9.17, 15) is 4.79 Å². The smallest absolute Gasteiger partial charge is 0.319 e. The summed E-state index contributed by atoms with van der Waals surface area (Å²) in [4.78, 5) is 11.2. The molecule has 0 aromatic heterocycles. The summed E-state index contributed by atoms with van der Waals surface area (Å²) in [6.45, 7) is 4.06. The summed E-state index contributed by atoms with van der Waals surface area (Å²) < 4.78 is 5.02. The molecule has 1 aliphatic rings. The van der Waals surface area contributed by atoms with Crippen molar-refractivity contribution in [2.75, 3.05) is 12.4 Å². The third-order valence-electron chi connectivity index (χ3n) is 2.02. The molecular formula is C9H16O3S. The van der Waals surface area contributed by atoms with Gasteiger partial charge in [0, 0.05) is 13.0 Å². The lowest BCUT2D eigenvalue weighted by molar-refractivity contribution is -0.140. The second-order valence-corrected chi connectivity index (χ2v) is 4.83. The molecule has 1 heterocycles. The second kappa shape index (κ2) is 4.86. The van der Waals surface area contributed by atoms with Crippen LogP contribution in [0.25, 0.3) is 0 Å². The lowest BCUT2D eigenvalue weighted by Crippen LogP contribution is -2.13. The van der Waals surface area contributed by atoms with Crippen LogP contribution in [0.15, 0.2) is 0 Å². The Morgan fingerprint density at radius 3 is 2.92 bits per heavy atom. The molecule has 1 saturated heterocycles. The van der Waals surface area contributed by atoms with Gasteiger partial charge in [0.25, 0.3) is 0 Å². The van der Waals surface area contributed by atoms with Crippen LogP contribution in [0.3, 0.4) is 0 Å². The topological polar surface area (TPSA) is 46.5 Å². The van der Waals surface area contributed by atoms with Crippen molar-refractivity contribution in [2.45, 2.75) is 31.6 Å². The third-order valence-corrected chi connectivity index (χ3v) is 3.57. The largest absolute Gasteiger partial charge is 0.462 e. The summed E-state index contributed by atoms with van der Waals surface area (Å²) in [6, 6.07) is 0. The standard InChI is InChI=1S/C9H16O3S/c1-6(4-10)5-13-8-3-7(2)12-9(8)11/h6-8,10H,3-5H2,1-2H3/t6-,7-,8+/m1/s1. The lowest BCUT2D eigenvalue weighted by atomic mass is 10.2. The van der Waals surface area contributed by atoms with Crippen molar-refractivity contribution in [3.8, 4) is 0 Å². The number of ether oxygens (including phenoxy) is 1. The summed E-state index contributed by atoms with van der Waals surface area (Å²) in [5.41, 5.74) is 0. The average molecular weight is 204 g/mol. The van der Waals surface area contributed by atoms with Crippen molar-refractivity contribution in [1.29, 1.82) is 0 Å². The fourth-order valence-electron chi connectivity index (χ4n) is 1.19. The quantitative estimate of drug-likeness (QED) is 0.695. The van der Waals surface area contributed by atoms with Crippen LogP contribution in [0, 0.1) is 5.92 Å². The van der Waals surface area contributed by atoms with Crippen LogP contribution in [-0.2, 0) is 9.53 Å². The number of carbonyl (C=O) groups is 1. The van der Waals surface area contributed by atoms with Crippen molar-refractivity contribution in [3.63, 3.8) is 0 Å². The highest BCUT2D eigenvalue weighted by molar-refractivity contribution is 8.00. The molecule has 1 aliphatic heterocycles. The van der Waals surface area contributed by atoms with Crippen LogP contribution in [0.1, 0.15) is 20.3 Å². The molecule has 13 heavy (non-hydrogen) atoms. The van der Waals surface area contributed by atoms with Crippen LogP contribution in [-0.4, -0.2) is 34.8 Å². The van der Waals surface area contributed by atoms with E-state index in [-0.39, 0.29) is 29.8 Å². The van der Waals surface area contributed by atoms with Gasteiger partial charge in [-0.2, -0.15) is 0 Å². The van der Waals surface area contributed by atoms with E-state index in [0.717, 1.165) is 12.2 Å². The van der Waals surface area contributed by atoms with Crippen LogP contribution in [0.4, 0.5) is 0 Å². The highest BCUT2D eigenvalue weighted by Gasteiger charge is 2.32.